The van der Waals surface area contributed by atoms with Crippen LogP contribution in [0.1, 0.15) is 18.9 Å². The largest absolute Gasteiger partial charge is 0.493 e. The van der Waals surface area contributed by atoms with Gasteiger partial charge in [-0.2, -0.15) is 0 Å². The van der Waals surface area contributed by atoms with Gasteiger partial charge in [0, 0.05) is 13.0 Å². The maximum absolute atomic E-state index is 6.30. The van der Waals surface area contributed by atoms with Crippen LogP contribution in [0.15, 0.2) is 12.1 Å². The third-order valence-electron chi connectivity index (χ3n) is 3.04. The van der Waals surface area contributed by atoms with Gasteiger partial charge >= 0.3 is 0 Å². The number of benzene rings is 1. The van der Waals surface area contributed by atoms with Crippen LogP contribution in [0.3, 0.4) is 0 Å². The quantitative estimate of drug-likeness (QED) is 0.872. The number of hydrogen-bond acceptors (Lipinski definition) is 4. The summed E-state index contributed by atoms with van der Waals surface area (Å²) in [4.78, 5) is 0. The van der Waals surface area contributed by atoms with Gasteiger partial charge in [0.15, 0.2) is 11.5 Å². The Hall–Kier alpha value is -0.970. The van der Waals surface area contributed by atoms with E-state index in [-0.39, 0.29) is 6.10 Å². The van der Waals surface area contributed by atoms with E-state index in [4.69, 9.17) is 25.8 Å². The second kappa shape index (κ2) is 6.98. The first kappa shape index (κ1) is 14.4. The van der Waals surface area contributed by atoms with Crippen LogP contribution in [0.2, 0.25) is 5.02 Å². The fourth-order valence-electron chi connectivity index (χ4n) is 2.03. The Labute approximate surface area is 119 Å². The molecule has 0 saturated carbocycles. The molecular weight excluding hydrogens is 266 g/mol. The van der Waals surface area contributed by atoms with Gasteiger partial charge in [0.25, 0.3) is 0 Å². The minimum atomic E-state index is 0.0611. The van der Waals surface area contributed by atoms with Crippen LogP contribution in [0.4, 0.5) is 0 Å². The van der Waals surface area contributed by atoms with E-state index in [1.54, 1.807) is 7.11 Å². The van der Waals surface area contributed by atoms with Gasteiger partial charge in [-0.3, -0.25) is 0 Å². The summed E-state index contributed by atoms with van der Waals surface area (Å²) in [5.74, 6) is 1.28. The van der Waals surface area contributed by atoms with Crippen molar-refractivity contribution in [2.45, 2.75) is 26.0 Å². The third kappa shape index (κ3) is 3.75. The molecular formula is C14H20ClNO3. The van der Waals surface area contributed by atoms with Crippen molar-refractivity contribution < 1.29 is 14.2 Å². The van der Waals surface area contributed by atoms with Crippen molar-refractivity contribution >= 4 is 11.6 Å². The van der Waals surface area contributed by atoms with E-state index < -0.39 is 0 Å². The molecule has 1 aromatic rings. The molecule has 0 bridgehead atoms. The average molecular weight is 286 g/mol. The van der Waals surface area contributed by atoms with Gasteiger partial charge in [0.2, 0.25) is 0 Å². The highest BCUT2D eigenvalue weighted by Gasteiger charge is 2.21. The minimum Gasteiger partial charge on any atom is -0.493 e. The van der Waals surface area contributed by atoms with Gasteiger partial charge in [-0.05, 0) is 24.2 Å². The van der Waals surface area contributed by atoms with Crippen LogP contribution < -0.4 is 14.8 Å². The fourth-order valence-corrected chi connectivity index (χ4v) is 2.31. The highest BCUT2D eigenvalue weighted by Crippen LogP contribution is 2.37. The lowest BCUT2D eigenvalue weighted by Crippen LogP contribution is -2.17. The third-order valence-corrected chi connectivity index (χ3v) is 3.32. The second-order valence-electron chi connectivity index (χ2n) is 4.49. The Morgan fingerprint density at radius 1 is 1.47 bits per heavy atom. The van der Waals surface area contributed by atoms with E-state index >= 15 is 0 Å². The van der Waals surface area contributed by atoms with Crippen molar-refractivity contribution in [2.24, 2.45) is 0 Å². The first-order valence-electron chi connectivity index (χ1n) is 6.56. The lowest BCUT2D eigenvalue weighted by Gasteiger charge is -2.17. The molecule has 1 unspecified atom stereocenters. The van der Waals surface area contributed by atoms with E-state index in [9.17, 15) is 0 Å². The molecule has 0 spiro atoms. The molecule has 1 aromatic carbocycles. The highest BCUT2D eigenvalue weighted by atomic mass is 35.5. The molecule has 0 radical (unpaired) electrons. The van der Waals surface area contributed by atoms with Crippen LogP contribution in [0.5, 0.6) is 11.5 Å². The molecule has 0 aliphatic carbocycles. The molecule has 0 amide bonds. The Balaban J connectivity index is 2.16. The molecule has 1 aliphatic rings. The van der Waals surface area contributed by atoms with Crippen LogP contribution in [0, 0.1) is 0 Å². The Morgan fingerprint density at radius 3 is 2.95 bits per heavy atom. The van der Waals surface area contributed by atoms with Crippen molar-refractivity contribution in [1.29, 1.82) is 0 Å². The number of nitrogens with one attached hydrogen (secondary N) is 1. The van der Waals surface area contributed by atoms with E-state index in [1.165, 1.54) is 0 Å². The van der Waals surface area contributed by atoms with E-state index in [2.05, 4.69) is 12.2 Å². The van der Waals surface area contributed by atoms with Crippen LogP contribution in [0.25, 0.3) is 0 Å². The van der Waals surface area contributed by atoms with Crippen molar-refractivity contribution in [3.05, 3.63) is 22.7 Å². The minimum absolute atomic E-state index is 0.0611. The number of ether oxygens (including phenoxy) is 3. The summed E-state index contributed by atoms with van der Waals surface area (Å²) in [5.41, 5.74) is 1.08. The summed E-state index contributed by atoms with van der Waals surface area (Å²) in [7, 11) is 1.63. The lowest BCUT2D eigenvalue weighted by atomic mass is 10.2. The topological polar surface area (TPSA) is 39.7 Å². The van der Waals surface area contributed by atoms with Gasteiger partial charge < -0.3 is 19.5 Å². The van der Waals surface area contributed by atoms with Crippen LogP contribution in [-0.4, -0.2) is 33.0 Å². The van der Waals surface area contributed by atoms with E-state index in [0.29, 0.717) is 23.1 Å². The molecule has 1 fully saturated rings. The first-order valence-corrected chi connectivity index (χ1v) is 6.94. The highest BCUT2D eigenvalue weighted by molar-refractivity contribution is 6.32. The van der Waals surface area contributed by atoms with Crippen molar-refractivity contribution in [2.75, 3.05) is 26.9 Å². The predicted molar refractivity (Wildman–Crippen MR) is 75.2 cm³/mol. The van der Waals surface area contributed by atoms with Gasteiger partial charge in [-0.25, -0.2) is 0 Å². The summed E-state index contributed by atoms with van der Waals surface area (Å²) < 4.78 is 16.6. The first-order chi connectivity index (χ1) is 9.24. The monoisotopic (exact) mass is 285 g/mol. The number of hydrogen-bond donors (Lipinski definition) is 1. The van der Waals surface area contributed by atoms with Crippen LogP contribution >= 0.6 is 11.6 Å². The van der Waals surface area contributed by atoms with Crippen molar-refractivity contribution in [3.63, 3.8) is 0 Å². The lowest BCUT2D eigenvalue weighted by molar-refractivity contribution is 0.138. The molecule has 1 N–H and O–H groups in total. The second-order valence-corrected chi connectivity index (χ2v) is 4.90. The summed E-state index contributed by atoms with van der Waals surface area (Å²) in [6.45, 7) is 5.09. The van der Waals surface area contributed by atoms with Gasteiger partial charge in [-0.15, -0.1) is 0 Å². The maximum atomic E-state index is 6.30. The summed E-state index contributed by atoms with van der Waals surface area (Å²) in [6.07, 6.45) is 0.949. The molecule has 106 valence electrons. The Morgan fingerprint density at radius 2 is 2.32 bits per heavy atom. The van der Waals surface area contributed by atoms with E-state index in [0.717, 1.165) is 31.7 Å². The Bertz CT molecular complexity index is 419. The summed E-state index contributed by atoms with van der Waals surface area (Å²) in [6, 6.07) is 3.87. The number of methoxy groups -OCH3 is 1. The standard InChI is InChI=1S/C14H20ClNO3/c1-3-16-8-10-6-12(15)14(13(7-10)17-2)19-11-4-5-18-9-11/h6-7,11,16H,3-5,8-9H2,1-2H3. The zero-order valence-corrected chi connectivity index (χ0v) is 12.1. The molecule has 5 heteroatoms. The molecule has 4 nitrogen and oxygen atoms in total. The van der Waals surface area contributed by atoms with Crippen molar-refractivity contribution in [1.82, 2.24) is 5.32 Å². The van der Waals surface area contributed by atoms with Crippen molar-refractivity contribution in [3.8, 4) is 11.5 Å². The fraction of sp³-hybridized carbons (Fsp3) is 0.571. The van der Waals surface area contributed by atoms with E-state index in [1.807, 2.05) is 12.1 Å². The van der Waals surface area contributed by atoms with Gasteiger partial charge in [-0.1, -0.05) is 18.5 Å². The van der Waals surface area contributed by atoms with Gasteiger partial charge in [0.05, 0.1) is 25.3 Å². The normalized spacial score (nSPS) is 18.6. The molecule has 2 rings (SSSR count). The molecule has 1 atom stereocenters. The average Bonchev–Trinajstić information content (AvgIpc) is 2.91. The molecule has 1 heterocycles. The predicted octanol–water partition coefficient (Wildman–Crippen LogP) is 2.63. The molecule has 1 aliphatic heterocycles. The SMILES string of the molecule is CCNCc1cc(Cl)c(OC2CCOC2)c(OC)c1. The smallest absolute Gasteiger partial charge is 0.180 e. The summed E-state index contributed by atoms with van der Waals surface area (Å²) in [5, 5.41) is 3.84. The van der Waals surface area contributed by atoms with Gasteiger partial charge in [0.1, 0.15) is 6.10 Å². The van der Waals surface area contributed by atoms with Crippen LogP contribution in [-0.2, 0) is 11.3 Å². The molecule has 19 heavy (non-hydrogen) atoms. The Kier molecular flexibility index (Phi) is 5.31. The molecule has 1 saturated heterocycles. The number of rotatable bonds is 6. The summed E-state index contributed by atoms with van der Waals surface area (Å²) >= 11 is 6.30. The number of halogens is 1. The maximum Gasteiger partial charge on any atom is 0.180 e. The zero-order chi connectivity index (χ0) is 13.7. The zero-order valence-electron chi connectivity index (χ0n) is 11.4. The molecule has 0 aromatic heterocycles.